The summed E-state index contributed by atoms with van der Waals surface area (Å²) in [5.74, 6) is 1.12. The second-order valence-electron chi connectivity index (χ2n) is 11.4. The molecule has 0 atom stereocenters. The first-order chi connectivity index (χ1) is 23.3. The molecule has 0 radical (unpaired) electrons. The molecule has 0 spiro atoms. The fourth-order valence-electron chi connectivity index (χ4n) is 6.79. The maximum absolute atomic E-state index is 6.46. The first-order valence-electron chi connectivity index (χ1n) is 15.3. The van der Waals surface area contributed by atoms with E-state index in [-0.39, 0.29) is 21.1 Å². The summed E-state index contributed by atoms with van der Waals surface area (Å²) in [5.41, 5.74) is 8.76. The minimum absolute atomic E-state index is 0. The van der Waals surface area contributed by atoms with E-state index in [4.69, 9.17) is 9.72 Å². The third kappa shape index (κ3) is 4.25. The van der Waals surface area contributed by atoms with Crippen LogP contribution in [0, 0.1) is 12.1 Å². The SMILES string of the molecule is [Pt+2].[c-]1c(Oc2[c-]c3c(cc2)c2c(-c4ccccc4)ccc(-c4ccccc4)c2n2ccnc32)ccc2c1c1nccn1c1nccnc21. The first-order valence-corrected chi connectivity index (χ1v) is 15.3. The van der Waals surface area contributed by atoms with Gasteiger partial charge in [0.2, 0.25) is 0 Å². The molecular weight excluding hydrogens is 776 g/mol. The molecule has 8 heteroatoms. The second-order valence-corrected chi connectivity index (χ2v) is 11.4. The molecule has 10 aromatic rings. The molecule has 0 bridgehead atoms. The minimum atomic E-state index is 0. The Labute approximate surface area is 288 Å². The molecule has 0 unspecified atom stereocenters. The molecule has 7 nitrogen and oxygen atoms in total. The molecule has 5 aromatic heterocycles. The Hall–Kier alpha value is -5.91. The first kappa shape index (κ1) is 28.3. The Morgan fingerprint density at radius 3 is 1.79 bits per heavy atom. The summed E-state index contributed by atoms with van der Waals surface area (Å²) >= 11 is 0. The molecule has 0 aliphatic carbocycles. The van der Waals surface area contributed by atoms with Gasteiger partial charge in [-0.1, -0.05) is 119 Å². The number of ether oxygens (including phenoxy) is 1. The third-order valence-electron chi connectivity index (χ3n) is 8.81. The van der Waals surface area contributed by atoms with Crippen molar-refractivity contribution >= 4 is 54.9 Å². The zero-order chi connectivity index (χ0) is 30.9. The fourth-order valence-corrected chi connectivity index (χ4v) is 6.79. The number of imidazole rings is 2. The monoisotopic (exact) mass is 797 g/mol. The molecule has 0 amide bonds. The van der Waals surface area contributed by atoms with Crippen LogP contribution in [0.15, 0.2) is 134 Å². The van der Waals surface area contributed by atoms with Gasteiger partial charge in [0.25, 0.3) is 0 Å². The average molecular weight is 798 g/mol. The molecule has 0 aliphatic rings. The number of pyridine rings is 2. The van der Waals surface area contributed by atoms with Gasteiger partial charge >= 0.3 is 21.1 Å². The Morgan fingerprint density at radius 1 is 0.500 bits per heavy atom. The van der Waals surface area contributed by atoms with Gasteiger partial charge in [-0.2, -0.15) is 0 Å². The van der Waals surface area contributed by atoms with Crippen molar-refractivity contribution in [2.45, 2.75) is 0 Å². The standard InChI is InChI=1S/C40H22N6O.Pt/c1-3-7-25(8-4-1)29-15-16-30(26-9-5-2-6-10-26)37-35(29)31-13-11-27(23-33(31)38-43-19-21-45(37)38)47-28-12-14-32-34(24-28)39-44-20-22-46(39)40-36(32)41-17-18-42-40;/h1-22H;/q-2;+2. The fraction of sp³-hybridized carbons (Fsp3) is 0. The van der Waals surface area contributed by atoms with Gasteiger partial charge in [-0.15, -0.1) is 12.1 Å². The molecule has 0 aliphatic heterocycles. The minimum Gasteiger partial charge on any atom is -0.497 e. The van der Waals surface area contributed by atoms with E-state index in [0.29, 0.717) is 11.5 Å². The maximum atomic E-state index is 6.46. The molecular formula is C40H22N6OPt. The zero-order valence-corrected chi connectivity index (χ0v) is 27.4. The van der Waals surface area contributed by atoms with Gasteiger partial charge < -0.3 is 13.5 Å². The van der Waals surface area contributed by atoms with Crippen molar-refractivity contribution in [1.82, 2.24) is 28.7 Å². The third-order valence-corrected chi connectivity index (χ3v) is 8.81. The smallest absolute Gasteiger partial charge is 0.497 e. The van der Waals surface area contributed by atoms with Crippen LogP contribution in [0.25, 0.3) is 77.2 Å². The number of fused-ring (bicyclic) bond motifs is 12. The summed E-state index contributed by atoms with van der Waals surface area (Å²) in [4.78, 5) is 18.6. The van der Waals surface area contributed by atoms with Crippen molar-refractivity contribution in [3.63, 3.8) is 0 Å². The zero-order valence-electron chi connectivity index (χ0n) is 25.1. The van der Waals surface area contributed by atoms with Crippen LogP contribution in [0.5, 0.6) is 11.5 Å². The summed E-state index contributed by atoms with van der Waals surface area (Å²) in [6.07, 6.45) is 10.9. The van der Waals surface area contributed by atoms with Crippen molar-refractivity contribution in [2.24, 2.45) is 0 Å². The molecule has 10 rings (SSSR count). The van der Waals surface area contributed by atoms with Gasteiger partial charge in [-0.25, -0.2) is 4.98 Å². The predicted octanol–water partition coefficient (Wildman–Crippen LogP) is 9.11. The molecule has 5 aromatic carbocycles. The van der Waals surface area contributed by atoms with Gasteiger partial charge in [-0.3, -0.25) is 15.0 Å². The van der Waals surface area contributed by atoms with Gasteiger partial charge in [0.15, 0.2) is 0 Å². The summed E-state index contributed by atoms with van der Waals surface area (Å²) in [5, 5.41) is 4.78. The normalized spacial score (nSPS) is 11.6. The van der Waals surface area contributed by atoms with Crippen molar-refractivity contribution in [3.05, 3.63) is 146 Å². The van der Waals surface area contributed by atoms with E-state index in [1.54, 1.807) is 18.6 Å². The van der Waals surface area contributed by atoms with Crippen LogP contribution in [0.2, 0.25) is 0 Å². The summed E-state index contributed by atoms with van der Waals surface area (Å²) in [6.45, 7) is 0. The number of hydrogen-bond acceptors (Lipinski definition) is 5. The number of benzene rings is 5. The van der Waals surface area contributed by atoms with Crippen LogP contribution in [0.3, 0.4) is 0 Å². The van der Waals surface area contributed by atoms with Crippen LogP contribution in [0.1, 0.15) is 0 Å². The largest absolute Gasteiger partial charge is 2.00 e. The Balaban J connectivity index is 0.00000314. The van der Waals surface area contributed by atoms with E-state index in [9.17, 15) is 0 Å². The quantitative estimate of drug-likeness (QED) is 0.131. The van der Waals surface area contributed by atoms with Crippen molar-refractivity contribution in [2.75, 3.05) is 0 Å². The van der Waals surface area contributed by atoms with Gasteiger partial charge in [-0.05, 0) is 22.1 Å². The van der Waals surface area contributed by atoms with E-state index < -0.39 is 0 Å². The molecule has 48 heavy (non-hydrogen) atoms. The van der Waals surface area contributed by atoms with Crippen molar-refractivity contribution < 1.29 is 25.8 Å². The molecule has 228 valence electrons. The molecule has 0 fully saturated rings. The van der Waals surface area contributed by atoms with Crippen molar-refractivity contribution in [1.29, 1.82) is 0 Å². The van der Waals surface area contributed by atoms with Crippen LogP contribution < -0.4 is 4.74 Å². The maximum Gasteiger partial charge on any atom is 2.00 e. The molecule has 0 saturated carbocycles. The van der Waals surface area contributed by atoms with E-state index in [1.165, 1.54) is 0 Å². The summed E-state index contributed by atoms with van der Waals surface area (Å²) in [6, 6.07) is 40.5. The van der Waals surface area contributed by atoms with Crippen LogP contribution in [-0.2, 0) is 21.1 Å². The van der Waals surface area contributed by atoms with Crippen LogP contribution in [-0.4, -0.2) is 28.7 Å². The predicted molar refractivity (Wildman–Crippen MR) is 185 cm³/mol. The summed E-state index contributed by atoms with van der Waals surface area (Å²) in [7, 11) is 0. The second kappa shape index (κ2) is 11.1. The van der Waals surface area contributed by atoms with Gasteiger partial charge in [0, 0.05) is 59.8 Å². The average Bonchev–Trinajstić information content (AvgIpc) is 3.84. The van der Waals surface area contributed by atoms with E-state index in [2.05, 4.69) is 98.2 Å². The van der Waals surface area contributed by atoms with E-state index >= 15 is 0 Å². The topological polar surface area (TPSA) is 69.6 Å². The molecule has 5 heterocycles. The summed E-state index contributed by atoms with van der Waals surface area (Å²) < 4.78 is 10.6. The van der Waals surface area contributed by atoms with E-state index in [0.717, 1.165) is 77.2 Å². The van der Waals surface area contributed by atoms with Crippen LogP contribution >= 0.6 is 0 Å². The van der Waals surface area contributed by atoms with Crippen LogP contribution in [0.4, 0.5) is 0 Å². The Bertz CT molecular complexity index is 2830. The number of aromatic nitrogens is 6. The molecule has 0 saturated heterocycles. The Morgan fingerprint density at radius 2 is 1.06 bits per heavy atom. The number of nitrogens with zero attached hydrogens (tertiary/aromatic N) is 6. The number of rotatable bonds is 4. The van der Waals surface area contributed by atoms with Crippen molar-refractivity contribution in [3.8, 4) is 33.8 Å². The molecule has 0 N–H and O–H groups in total. The van der Waals surface area contributed by atoms with Gasteiger partial charge in [0.05, 0.1) is 16.8 Å². The van der Waals surface area contributed by atoms with E-state index in [1.807, 2.05) is 53.3 Å². The number of hydrogen-bond donors (Lipinski definition) is 0. The van der Waals surface area contributed by atoms with Gasteiger partial charge in [0.1, 0.15) is 5.65 Å². The Kier molecular flexibility index (Phi) is 6.56.